The lowest BCUT2D eigenvalue weighted by Crippen LogP contribution is -2.44. The molecule has 1 heterocycles. The van der Waals surface area contributed by atoms with E-state index < -0.39 is 0 Å². The smallest absolute Gasteiger partial charge is 0.161 e. The van der Waals surface area contributed by atoms with Crippen LogP contribution in [0.1, 0.15) is 67.2 Å². The number of rotatable bonds is 7. The van der Waals surface area contributed by atoms with Crippen molar-refractivity contribution in [3.8, 4) is 0 Å². The fourth-order valence-corrected chi connectivity index (χ4v) is 3.46. The van der Waals surface area contributed by atoms with Crippen molar-refractivity contribution in [2.24, 2.45) is 17.8 Å². The molecule has 2 aliphatic rings. The summed E-state index contributed by atoms with van der Waals surface area (Å²) in [5.41, 5.74) is -0.156. The second-order valence-corrected chi connectivity index (χ2v) is 8.80. The van der Waals surface area contributed by atoms with Crippen LogP contribution in [-0.2, 0) is 14.2 Å². The quantitative estimate of drug-likeness (QED) is 0.703. The molecule has 0 bridgehead atoms. The number of hydrogen-bond acceptors (Lipinski definition) is 4. The SMILES string of the molecule is C=C(OC(C)(C)C)C1CC1CC[C@@H](C)OC1O[C@@H](C)C(O)C[C@H]1C. The largest absolute Gasteiger partial charge is 0.493 e. The van der Waals surface area contributed by atoms with Crippen LogP contribution in [0.15, 0.2) is 12.3 Å². The molecule has 0 radical (unpaired) electrons. The van der Waals surface area contributed by atoms with Crippen LogP contribution in [-0.4, -0.2) is 35.3 Å². The van der Waals surface area contributed by atoms with Crippen molar-refractivity contribution in [3.05, 3.63) is 12.3 Å². The van der Waals surface area contributed by atoms with Gasteiger partial charge in [-0.2, -0.15) is 0 Å². The molecule has 24 heavy (non-hydrogen) atoms. The fraction of sp³-hybridized carbons (Fsp3) is 0.900. The maximum Gasteiger partial charge on any atom is 0.161 e. The summed E-state index contributed by atoms with van der Waals surface area (Å²) in [4.78, 5) is 0. The molecule has 2 rings (SSSR count). The molecular weight excluding hydrogens is 304 g/mol. The third kappa shape index (κ3) is 5.75. The maximum atomic E-state index is 9.85. The van der Waals surface area contributed by atoms with Gasteiger partial charge in [-0.15, -0.1) is 0 Å². The molecule has 1 saturated carbocycles. The van der Waals surface area contributed by atoms with E-state index in [0.717, 1.165) is 25.0 Å². The van der Waals surface area contributed by atoms with Crippen LogP contribution in [0.4, 0.5) is 0 Å². The zero-order valence-corrected chi connectivity index (χ0v) is 16.2. The monoisotopic (exact) mass is 340 g/mol. The summed E-state index contributed by atoms with van der Waals surface area (Å²) in [7, 11) is 0. The third-order valence-corrected chi connectivity index (χ3v) is 5.05. The van der Waals surface area contributed by atoms with Crippen LogP contribution in [0.25, 0.3) is 0 Å². The van der Waals surface area contributed by atoms with E-state index in [2.05, 4.69) is 41.2 Å². The second kappa shape index (κ2) is 7.76. The van der Waals surface area contributed by atoms with Crippen molar-refractivity contribution >= 4 is 0 Å². The zero-order valence-electron chi connectivity index (χ0n) is 16.2. The molecule has 0 aromatic rings. The highest BCUT2D eigenvalue weighted by Gasteiger charge is 2.41. The predicted molar refractivity (Wildman–Crippen MR) is 95.5 cm³/mol. The summed E-state index contributed by atoms with van der Waals surface area (Å²) in [5.74, 6) is 2.35. The molecule has 4 nitrogen and oxygen atoms in total. The van der Waals surface area contributed by atoms with Crippen LogP contribution in [0.5, 0.6) is 0 Å². The van der Waals surface area contributed by atoms with Crippen LogP contribution in [0.3, 0.4) is 0 Å². The van der Waals surface area contributed by atoms with Crippen LogP contribution < -0.4 is 0 Å². The van der Waals surface area contributed by atoms with Gasteiger partial charge in [0.15, 0.2) is 6.29 Å². The first-order valence-electron chi connectivity index (χ1n) is 9.43. The highest BCUT2D eigenvalue weighted by Crippen LogP contribution is 2.48. The molecular formula is C20H36O4. The van der Waals surface area contributed by atoms with Crippen molar-refractivity contribution in [1.82, 2.24) is 0 Å². The van der Waals surface area contributed by atoms with Gasteiger partial charge >= 0.3 is 0 Å². The number of aliphatic hydroxyl groups is 1. The number of ether oxygens (including phenoxy) is 3. The minimum absolute atomic E-state index is 0.149. The van der Waals surface area contributed by atoms with Gasteiger partial charge < -0.3 is 19.3 Å². The molecule has 1 N–H and O–H groups in total. The molecule has 2 fully saturated rings. The Morgan fingerprint density at radius 3 is 2.58 bits per heavy atom. The van der Waals surface area contributed by atoms with E-state index >= 15 is 0 Å². The Bertz CT molecular complexity index is 428. The maximum absolute atomic E-state index is 9.85. The topological polar surface area (TPSA) is 47.9 Å². The first kappa shape index (κ1) is 19.7. The standard InChI is InChI=1S/C20H36O4/c1-12-10-18(21)15(4)23-19(12)22-13(2)8-9-16-11-17(16)14(3)24-20(5,6)7/h12-13,15-19,21H,3,8-11H2,1-2,4-7H3/t12-,13-,15+,16?,17?,18?,19?/m1/s1. The van der Waals surface area contributed by atoms with E-state index in [1.807, 2.05) is 6.92 Å². The summed E-state index contributed by atoms with van der Waals surface area (Å²) in [6.45, 7) is 16.4. The molecule has 0 spiro atoms. The molecule has 7 atom stereocenters. The molecule has 4 unspecified atom stereocenters. The Balaban J connectivity index is 1.67. The first-order chi connectivity index (χ1) is 11.1. The lowest BCUT2D eigenvalue weighted by atomic mass is 9.96. The van der Waals surface area contributed by atoms with Crippen LogP contribution in [0.2, 0.25) is 0 Å². The highest BCUT2D eigenvalue weighted by molar-refractivity contribution is 5.06. The lowest BCUT2D eigenvalue weighted by Gasteiger charge is -2.37. The van der Waals surface area contributed by atoms with Crippen molar-refractivity contribution in [3.63, 3.8) is 0 Å². The van der Waals surface area contributed by atoms with Gasteiger partial charge in [0.05, 0.1) is 24.1 Å². The summed E-state index contributed by atoms with van der Waals surface area (Å²) < 4.78 is 17.8. The molecule has 1 aliphatic heterocycles. The summed E-state index contributed by atoms with van der Waals surface area (Å²) in [6.07, 6.45) is 3.52. The van der Waals surface area contributed by atoms with Gasteiger partial charge in [-0.1, -0.05) is 13.5 Å². The van der Waals surface area contributed by atoms with E-state index in [1.54, 1.807) is 0 Å². The van der Waals surface area contributed by atoms with Crippen molar-refractivity contribution in [1.29, 1.82) is 0 Å². The van der Waals surface area contributed by atoms with Crippen molar-refractivity contribution in [2.75, 3.05) is 0 Å². The van der Waals surface area contributed by atoms with Gasteiger partial charge in [0.25, 0.3) is 0 Å². The van der Waals surface area contributed by atoms with Gasteiger partial charge in [0.2, 0.25) is 0 Å². The third-order valence-electron chi connectivity index (χ3n) is 5.05. The molecule has 0 aromatic carbocycles. The van der Waals surface area contributed by atoms with Crippen molar-refractivity contribution in [2.45, 2.75) is 97.4 Å². The number of hydrogen-bond donors (Lipinski definition) is 1. The minimum Gasteiger partial charge on any atom is -0.493 e. The van der Waals surface area contributed by atoms with Crippen molar-refractivity contribution < 1.29 is 19.3 Å². The summed E-state index contributed by atoms with van der Waals surface area (Å²) in [6, 6.07) is 0. The molecule has 0 aromatic heterocycles. The Kier molecular flexibility index (Phi) is 6.38. The zero-order chi connectivity index (χ0) is 18.1. The van der Waals surface area contributed by atoms with E-state index in [1.165, 1.54) is 6.42 Å². The van der Waals surface area contributed by atoms with Crippen LogP contribution >= 0.6 is 0 Å². The molecule has 1 saturated heterocycles. The average molecular weight is 341 g/mol. The van der Waals surface area contributed by atoms with E-state index in [0.29, 0.717) is 11.8 Å². The van der Waals surface area contributed by atoms with E-state index in [4.69, 9.17) is 14.2 Å². The van der Waals surface area contributed by atoms with Gasteiger partial charge in [-0.25, -0.2) is 0 Å². The Morgan fingerprint density at radius 2 is 1.96 bits per heavy atom. The molecule has 1 aliphatic carbocycles. The predicted octanol–water partition coefficient (Wildman–Crippen LogP) is 4.27. The van der Waals surface area contributed by atoms with E-state index in [-0.39, 0.29) is 36.1 Å². The fourth-order valence-electron chi connectivity index (χ4n) is 3.46. The minimum atomic E-state index is -0.379. The molecule has 0 amide bonds. The number of aliphatic hydroxyl groups excluding tert-OH is 1. The molecule has 4 heteroatoms. The average Bonchev–Trinajstić information content (AvgIpc) is 3.20. The van der Waals surface area contributed by atoms with Crippen LogP contribution in [0, 0.1) is 17.8 Å². The van der Waals surface area contributed by atoms with E-state index in [9.17, 15) is 5.11 Å². The van der Waals surface area contributed by atoms with Gasteiger partial charge in [0, 0.05) is 11.8 Å². The van der Waals surface area contributed by atoms with Gasteiger partial charge in [-0.3, -0.25) is 0 Å². The lowest BCUT2D eigenvalue weighted by molar-refractivity contribution is -0.255. The van der Waals surface area contributed by atoms with Gasteiger partial charge in [0.1, 0.15) is 5.60 Å². The normalized spacial score (nSPS) is 37.8. The Hall–Kier alpha value is -0.580. The Morgan fingerprint density at radius 1 is 1.29 bits per heavy atom. The summed E-state index contributed by atoms with van der Waals surface area (Å²) in [5, 5.41) is 9.85. The number of allylic oxidation sites excluding steroid dienone is 1. The summed E-state index contributed by atoms with van der Waals surface area (Å²) >= 11 is 0. The Labute approximate surface area is 147 Å². The second-order valence-electron chi connectivity index (χ2n) is 8.80. The van der Waals surface area contributed by atoms with Gasteiger partial charge in [-0.05, 0) is 66.2 Å². The molecule has 140 valence electrons. The first-order valence-corrected chi connectivity index (χ1v) is 9.43. The highest BCUT2D eigenvalue weighted by atomic mass is 16.7.